The van der Waals surface area contributed by atoms with Crippen LogP contribution in [0.5, 0.6) is 0 Å². The van der Waals surface area contributed by atoms with Gasteiger partial charge in [0, 0.05) is 36.9 Å². The number of fused-ring (bicyclic) bond motifs is 10. The number of rotatable bonds is 6. The van der Waals surface area contributed by atoms with Gasteiger partial charge >= 0.3 is 0 Å². The summed E-state index contributed by atoms with van der Waals surface area (Å²) in [5.41, 5.74) is 10.1. The largest absolute Gasteiger partial charge is 0.208 e. The topological polar surface area (TPSA) is 38.7 Å². The Morgan fingerprint density at radius 1 is 0.215 bits per heavy atom. The highest BCUT2D eigenvalue weighted by atomic mass is 32.1. The normalized spacial score (nSPS) is 11.7. The fraction of sp³-hybridized carbons (Fsp3) is 0. The van der Waals surface area contributed by atoms with Crippen molar-refractivity contribution < 1.29 is 0 Å². The maximum Gasteiger partial charge on any atom is 0.164 e. The van der Waals surface area contributed by atoms with Crippen LogP contribution in [-0.2, 0) is 0 Å². The summed E-state index contributed by atoms with van der Waals surface area (Å²) in [7, 11) is 0. The monoisotopic (exact) mass is 843 g/mol. The van der Waals surface area contributed by atoms with Gasteiger partial charge in [-0.15, -0.1) is 11.3 Å². The van der Waals surface area contributed by atoms with E-state index in [9.17, 15) is 0 Å². The third kappa shape index (κ3) is 6.54. The molecule has 0 aliphatic rings. The highest BCUT2D eigenvalue weighted by molar-refractivity contribution is 7.25. The Labute approximate surface area is 379 Å². The molecule has 0 aliphatic carbocycles. The first-order valence-electron chi connectivity index (χ1n) is 22.0. The summed E-state index contributed by atoms with van der Waals surface area (Å²) in [6.07, 6.45) is 0. The first kappa shape index (κ1) is 37.3. The van der Waals surface area contributed by atoms with Gasteiger partial charge in [-0.3, -0.25) is 0 Å². The number of aromatic nitrogens is 3. The van der Waals surface area contributed by atoms with Crippen LogP contribution in [0.15, 0.2) is 224 Å². The molecule has 0 saturated carbocycles. The summed E-state index contributed by atoms with van der Waals surface area (Å²) in [6, 6.07) is 80.8. The van der Waals surface area contributed by atoms with Crippen LogP contribution >= 0.6 is 11.3 Å². The summed E-state index contributed by atoms with van der Waals surface area (Å²) in [5.74, 6) is 1.97. The quantitative estimate of drug-likeness (QED) is 0.157. The van der Waals surface area contributed by atoms with Crippen molar-refractivity contribution in [2.24, 2.45) is 0 Å². The Morgan fingerprint density at radius 3 is 1.23 bits per heavy atom. The Hall–Kier alpha value is -8.31. The van der Waals surface area contributed by atoms with Crippen molar-refractivity contribution >= 4 is 74.6 Å². The van der Waals surface area contributed by atoms with Crippen LogP contribution in [0.25, 0.3) is 131 Å². The molecule has 0 spiro atoms. The lowest BCUT2D eigenvalue weighted by atomic mass is 9.91. The predicted octanol–water partition coefficient (Wildman–Crippen LogP) is 16.9. The van der Waals surface area contributed by atoms with Crippen molar-refractivity contribution in [1.29, 1.82) is 0 Å². The maximum absolute atomic E-state index is 4.96. The van der Waals surface area contributed by atoms with Gasteiger partial charge in [-0.25, -0.2) is 15.0 Å². The van der Waals surface area contributed by atoms with Gasteiger partial charge in [-0.2, -0.15) is 0 Å². The minimum absolute atomic E-state index is 0.655. The molecule has 4 heteroatoms. The van der Waals surface area contributed by atoms with Crippen LogP contribution in [0.3, 0.4) is 0 Å². The Bertz CT molecular complexity index is 3910. The third-order valence-corrected chi connectivity index (χ3v) is 14.0. The number of nitrogens with zero attached hydrogens (tertiary/aromatic N) is 3. The summed E-state index contributed by atoms with van der Waals surface area (Å²) in [4.78, 5) is 14.8. The average molecular weight is 844 g/mol. The summed E-state index contributed by atoms with van der Waals surface area (Å²) in [5, 5.41) is 12.6. The van der Waals surface area contributed by atoms with Gasteiger partial charge in [0.2, 0.25) is 0 Å². The van der Waals surface area contributed by atoms with Gasteiger partial charge in [0.05, 0.1) is 0 Å². The molecule has 2 heterocycles. The Kier molecular flexibility index (Phi) is 8.71. The highest BCUT2D eigenvalue weighted by Gasteiger charge is 2.15. The fourth-order valence-corrected chi connectivity index (χ4v) is 10.7. The molecule has 0 atom stereocenters. The molecule has 302 valence electrons. The van der Waals surface area contributed by atoms with Gasteiger partial charge in [0.1, 0.15) is 0 Å². The summed E-state index contributed by atoms with van der Waals surface area (Å²) >= 11 is 1.86. The first-order valence-corrected chi connectivity index (χ1v) is 22.8. The summed E-state index contributed by atoms with van der Waals surface area (Å²) < 4.78 is 2.58. The minimum atomic E-state index is 0.655. The second kappa shape index (κ2) is 15.2. The second-order valence-electron chi connectivity index (χ2n) is 16.8. The number of hydrogen-bond acceptors (Lipinski definition) is 4. The fourth-order valence-electron chi connectivity index (χ4n) is 9.60. The van der Waals surface area contributed by atoms with Crippen LogP contribution in [0, 0.1) is 0 Å². The molecule has 65 heavy (non-hydrogen) atoms. The third-order valence-electron chi connectivity index (χ3n) is 12.9. The maximum atomic E-state index is 4.96. The van der Waals surface area contributed by atoms with E-state index < -0.39 is 0 Å². The molecule has 13 rings (SSSR count). The van der Waals surface area contributed by atoms with Gasteiger partial charge in [0.25, 0.3) is 0 Å². The molecule has 0 radical (unpaired) electrons. The van der Waals surface area contributed by atoms with Crippen molar-refractivity contribution in [3.63, 3.8) is 0 Å². The molecule has 3 nitrogen and oxygen atoms in total. The van der Waals surface area contributed by atoms with Gasteiger partial charge in [-0.05, 0) is 119 Å². The molecular weight excluding hydrogens is 807 g/mol. The van der Waals surface area contributed by atoms with Gasteiger partial charge in [-0.1, -0.05) is 182 Å². The average Bonchev–Trinajstić information content (AvgIpc) is 3.76. The van der Waals surface area contributed by atoms with Crippen molar-refractivity contribution in [3.8, 4) is 67.5 Å². The molecule has 0 amide bonds. The van der Waals surface area contributed by atoms with E-state index in [0.717, 1.165) is 22.1 Å². The molecule has 0 aliphatic heterocycles. The van der Waals surface area contributed by atoms with Gasteiger partial charge < -0.3 is 0 Å². The molecule has 11 aromatic carbocycles. The van der Waals surface area contributed by atoms with Crippen LogP contribution in [0.2, 0.25) is 0 Å². The van der Waals surface area contributed by atoms with E-state index in [1.54, 1.807) is 0 Å². The molecule has 2 aromatic heterocycles. The van der Waals surface area contributed by atoms with E-state index in [1.165, 1.54) is 91.3 Å². The Morgan fingerprint density at radius 2 is 0.615 bits per heavy atom. The zero-order chi connectivity index (χ0) is 42.8. The molecule has 0 unspecified atom stereocenters. The van der Waals surface area contributed by atoms with Crippen LogP contribution in [0.1, 0.15) is 0 Å². The van der Waals surface area contributed by atoms with Crippen LogP contribution in [0.4, 0.5) is 0 Å². The van der Waals surface area contributed by atoms with Crippen LogP contribution < -0.4 is 0 Å². The van der Waals surface area contributed by atoms with E-state index in [1.807, 2.05) is 72.0 Å². The van der Waals surface area contributed by atoms with E-state index in [-0.39, 0.29) is 0 Å². The number of hydrogen-bond donors (Lipinski definition) is 0. The molecule has 0 saturated heterocycles. The molecule has 13 aromatic rings. The standard InChI is InChI=1S/C61H37N3S/c1-3-12-38(13-4-1)59-62-60(39-14-5-2-6-15-39)64-61(63-59)48-25-24-42-33-43(22-23-44(42)34-48)47-27-30-54-56-36-46(28-31-57(56)65-58(54)37-47)41-17-11-16-40(32-41)45-26-29-53-51-20-8-7-18-49(51)50-19-9-10-21-52(50)55(53)35-45/h1-37H. The number of benzene rings is 11. The van der Waals surface area contributed by atoms with Crippen LogP contribution in [-0.4, -0.2) is 15.0 Å². The van der Waals surface area contributed by atoms with E-state index >= 15 is 0 Å². The predicted molar refractivity (Wildman–Crippen MR) is 275 cm³/mol. The van der Waals surface area contributed by atoms with Crippen molar-refractivity contribution in [1.82, 2.24) is 15.0 Å². The zero-order valence-electron chi connectivity index (χ0n) is 35.1. The van der Waals surface area contributed by atoms with Crippen molar-refractivity contribution in [3.05, 3.63) is 224 Å². The van der Waals surface area contributed by atoms with Crippen molar-refractivity contribution in [2.45, 2.75) is 0 Å². The SMILES string of the molecule is c1ccc(-c2nc(-c3ccccc3)nc(-c3ccc4cc(-c5ccc6c(c5)sc5ccc(-c7cccc(-c8ccc9c%10ccccc%10c%10ccccc%10c9c8)c7)cc56)ccc4c3)n2)cc1. The lowest BCUT2D eigenvalue weighted by molar-refractivity contribution is 1.07. The highest BCUT2D eigenvalue weighted by Crippen LogP contribution is 2.41. The Balaban J connectivity index is 0.816. The second-order valence-corrected chi connectivity index (χ2v) is 17.9. The van der Waals surface area contributed by atoms with Gasteiger partial charge in [0.15, 0.2) is 17.5 Å². The van der Waals surface area contributed by atoms with E-state index in [0.29, 0.717) is 17.5 Å². The van der Waals surface area contributed by atoms with E-state index in [2.05, 4.69) is 164 Å². The molecule has 0 N–H and O–H groups in total. The lowest BCUT2D eigenvalue weighted by Crippen LogP contribution is -2.00. The van der Waals surface area contributed by atoms with E-state index in [4.69, 9.17) is 15.0 Å². The molecule has 0 bridgehead atoms. The van der Waals surface area contributed by atoms with Crippen molar-refractivity contribution in [2.75, 3.05) is 0 Å². The lowest BCUT2D eigenvalue weighted by Gasteiger charge is -2.12. The number of thiophene rings is 1. The first-order chi connectivity index (χ1) is 32.2. The molecular formula is C61H37N3S. The molecule has 0 fully saturated rings. The zero-order valence-corrected chi connectivity index (χ0v) is 35.9. The minimum Gasteiger partial charge on any atom is -0.208 e. The smallest absolute Gasteiger partial charge is 0.164 e. The summed E-state index contributed by atoms with van der Waals surface area (Å²) in [6.45, 7) is 0.